The lowest BCUT2D eigenvalue weighted by Gasteiger charge is -2.01. The second kappa shape index (κ2) is 6.21. The van der Waals surface area contributed by atoms with Gasteiger partial charge in [-0.05, 0) is 24.3 Å². The molecule has 0 atom stereocenters. The summed E-state index contributed by atoms with van der Waals surface area (Å²) in [6, 6.07) is 11.2. The first-order chi connectivity index (χ1) is 11.8. The van der Waals surface area contributed by atoms with E-state index in [2.05, 4.69) is 15.1 Å². The maximum Gasteiger partial charge on any atom is 0.342 e. The van der Waals surface area contributed by atoms with Crippen molar-refractivity contribution in [1.29, 1.82) is 0 Å². The van der Waals surface area contributed by atoms with Crippen LogP contribution in [0.5, 0.6) is 0 Å². The highest BCUT2D eigenvalue weighted by molar-refractivity contribution is 7.13. The first kappa shape index (κ1) is 14.5. The van der Waals surface area contributed by atoms with E-state index in [-0.39, 0.29) is 6.61 Å². The van der Waals surface area contributed by atoms with Gasteiger partial charge < -0.3 is 4.74 Å². The van der Waals surface area contributed by atoms with E-state index in [1.807, 2.05) is 41.8 Å². The number of fused-ring (bicyclic) bond motifs is 1. The van der Waals surface area contributed by atoms with Crippen molar-refractivity contribution < 1.29 is 9.53 Å². The molecule has 0 aliphatic rings. The number of aromatic nitrogens is 4. The zero-order valence-corrected chi connectivity index (χ0v) is 13.3. The summed E-state index contributed by atoms with van der Waals surface area (Å²) in [7, 11) is 0. The molecule has 0 saturated carbocycles. The lowest BCUT2D eigenvalue weighted by Crippen LogP contribution is -2.05. The van der Waals surface area contributed by atoms with Gasteiger partial charge in [-0.1, -0.05) is 12.1 Å². The van der Waals surface area contributed by atoms with Gasteiger partial charge in [0.25, 0.3) is 0 Å². The summed E-state index contributed by atoms with van der Waals surface area (Å²) < 4.78 is 7.00. The Morgan fingerprint density at radius 2 is 2.12 bits per heavy atom. The maximum atomic E-state index is 12.3. The second-order valence-electron chi connectivity index (χ2n) is 5.02. The minimum atomic E-state index is -0.413. The Morgan fingerprint density at radius 3 is 3.00 bits per heavy atom. The number of pyridine rings is 2. The summed E-state index contributed by atoms with van der Waals surface area (Å²) >= 11 is 1.47. The molecule has 0 saturated heterocycles. The van der Waals surface area contributed by atoms with Gasteiger partial charge in [0.15, 0.2) is 0 Å². The fourth-order valence-corrected chi connectivity index (χ4v) is 3.07. The first-order valence-electron chi connectivity index (χ1n) is 7.26. The molecule has 4 heterocycles. The van der Waals surface area contributed by atoms with Gasteiger partial charge in [-0.2, -0.15) is 5.10 Å². The third-order valence-electron chi connectivity index (χ3n) is 3.43. The molecule has 0 aliphatic heterocycles. The van der Waals surface area contributed by atoms with Gasteiger partial charge >= 0.3 is 5.97 Å². The summed E-state index contributed by atoms with van der Waals surface area (Å²) in [6.07, 6.45) is 5.02. The highest BCUT2D eigenvalue weighted by Crippen LogP contribution is 2.22. The van der Waals surface area contributed by atoms with E-state index in [4.69, 9.17) is 4.74 Å². The van der Waals surface area contributed by atoms with Crippen LogP contribution in [0.3, 0.4) is 0 Å². The number of hydrogen-bond donors (Lipinski definition) is 0. The molecule has 0 fully saturated rings. The Balaban J connectivity index is 1.47. The van der Waals surface area contributed by atoms with Crippen LogP contribution in [0.4, 0.5) is 0 Å². The molecule has 4 aromatic heterocycles. The highest BCUT2D eigenvalue weighted by Gasteiger charge is 2.15. The predicted molar refractivity (Wildman–Crippen MR) is 89.7 cm³/mol. The molecule has 6 nitrogen and oxygen atoms in total. The second-order valence-corrected chi connectivity index (χ2v) is 5.88. The molecular formula is C17H12N4O2S. The van der Waals surface area contributed by atoms with E-state index in [0.29, 0.717) is 11.3 Å². The van der Waals surface area contributed by atoms with Crippen molar-refractivity contribution in [2.45, 2.75) is 6.61 Å². The molecule has 0 radical (unpaired) electrons. The van der Waals surface area contributed by atoms with E-state index in [9.17, 15) is 4.79 Å². The molecule has 118 valence electrons. The monoisotopic (exact) mass is 336 g/mol. The molecule has 0 unspecified atom stereocenters. The quantitative estimate of drug-likeness (QED) is 0.535. The average molecular weight is 336 g/mol. The maximum absolute atomic E-state index is 12.3. The van der Waals surface area contributed by atoms with Gasteiger partial charge in [0.05, 0.1) is 23.1 Å². The smallest absolute Gasteiger partial charge is 0.342 e. The molecule has 0 aliphatic carbocycles. The van der Waals surface area contributed by atoms with Crippen molar-refractivity contribution in [3.05, 3.63) is 71.6 Å². The first-order valence-corrected chi connectivity index (χ1v) is 8.14. The Morgan fingerprint density at radius 1 is 1.21 bits per heavy atom. The van der Waals surface area contributed by atoms with Gasteiger partial charge in [-0.15, -0.1) is 11.3 Å². The van der Waals surface area contributed by atoms with Crippen LogP contribution in [-0.2, 0) is 11.3 Å². The van der Waals surface area contributed by atoms with Crippen molar-refractivity contribution in [3.8, 4) is 10.7 Å². The molecule has 24 heavy (non-hydrogen) atoms. The summed E-state index contributed by atoms with van der Waals surface area (Å²) in [5.74, 6) is -0.413. The fourth-order valence-electron chi connectivity index (χ4n) is 2.29. The normalized spacial score (nSPS) is 10.8. The van der Waals surface area contributed by atoms with Crippen LogP contribution in [0.2, 0.25) is 0 Å². The zero-order chi connectivity index (χ0) is 16.4. The van der Waals surface area contributed by atoms with Gasteiger partial charge in [0.1, 0.15) is 17.2 Å². The molecule has 4 rings (SSSR count). The average Bonchev–Trinajstić information content (AvgIpc) is 3.27. The van der Waals surface area contributed by atoms with Crippen LogP contribution in [0, 0.1) is 0 Å². The largest absolute Gasteiger partial charge is 0.455 e. The van der Waals surface area contributed by atoms with E-state index >= 15 is 0 Å². The standard InChI is InChI=1S/C17H12N4O2S/c22-17(13-9-19-21-8-4-2-6-15(13)21)23-10-12-11-24-16(20-12)14-5-1-3-7-18-14/h1-9,11H,10H2. The number of esters is 1. The Labute approximate surface area is 141 Å². The third-order valence-corrected chi connectivity index (χ3v) is 4.35. The van der Waals surface area contributed by atoms with Crippen LogP contribution in [-0.4, -0.2) is 25.6 Å². The topological polar surface area (TPSA) is 69.4 Å². The molecule has 0 amide bonds. The van der Waals surface area contributed by atoms with Crippen molar-refractivity contribution >= 4 is 22.8 Å². The van der Waals surface area contributed by atoms with Crippen molar-refractivity contribution in [1.82, 2.24) is 19.6 Å². The van der Waals surface area contributed by atoms with Crippen molar-refractivity contribution in [2.75, 3.05) is 0 Å². The van der Waals surface area contributed by atoms with Gasteiger partial charge in [-0.3, -0.25) is 4.98 Å². The van der Waals surface area contributed by atoms with Crippen molar-refractivity contribution in [2.24, 2.45) is 0 Å². The fraction of sp³-hybridized carbons (Fsp3) is 0.0588. The number of carbonyl (C=O) groups excluding carboxylic acids is 1. The molecule has 4 aromatic rings. The minimum Gasteiger partial charge on any atom is -0.455 e. The predicted octanol–water partition coefficient (Wildman–Crippen LogP) is 3.21. The molecular weight excluding hydrogens is 324 g/mol. The lowest BCUT2D eigenvalue weighted by atomic mass is 10.2. The summed E-state index contributed by atoms with van der Waals surface area (Å²) in [6.45, 7) is 0.117. The Hall–Kier alpha value is -3.06. The highest BCUT2D eigenvalue weighted by atomic mass is 32.1. The van der Waals surface area contributed by atoms with Gasteiger partial charge in [0, 0.05) is 17.8 Å². The van der Waals surface area contributed by atoms with Crippen LogP contribution >= 0.6 is 11.3 Å². The van der Waals surface area contributed by atoms with E-state index in [1.54, 1.807) is 16.9 Å². The Kier molecular flexibility index (Phi) is 3.76. The van der Waals surface area contributed by atoms with Crippen LogP contribution < -0.4 is 0 Å². The summed E-state index contributed by atoms with van der Waals surface area (Å²) in [5.41, 5.74) is 2.67. The minimum absolute atomic E-state index is 0.117. The number of nitrogens with zero attached hydrogens (tertiary/aromatic N) is 4. The van der Waals surface area contributed by atoms with Crippen LogP contribution in [0.1, 0.15) is 16.1 Å². The summed E-state index contributed by atoms with van der Waals surface area (Å²) in [5, 5.41) is 6.80. The zero-order valence-electron chi connectivity index (χ0n) is 12.5. The van der Waals surface area contributed by atoms with Crippen molar-refractivity contribution in [3.63, 3.8) is 0 Å². The van der Waals surface area contributed by atoms with Gasteiger partial charge in [-0.25, -0.2) is 14.3 Å². The molecule has 0 N–H and O–H groups in total. The SMILES string of the molecule is O=C(OCc1csc(-c2ccccn2)n1)c1cnn2ccccc12. The van der Waals surface area contributed by atoms with E-state index in [0.717, 1.165) is 16.2 Å². The number of thiazole rings is 1. The third kappa shape index (κ3) is 2.77. The van der Waals surface area contributed by atoms with E-state index in [1.165, 1.54) is 17.5 Å². The number of hydrogen-bond acceptors (Lipinski definition) is 6. The van der Waals surface area contributed by atoms with Gasteiger partial charge in [0.2, 0.25) is 0 Å². The Bertz CT molecular complexity index is 994. The molecule has 7 heteroatoms. The number of ether oxygens (including phenoxy) is 1. The van der Waals surface area contributed by atoms with E-state index < -0.39 is 5.97 Å². The number of rotatable bonds is 4. The number of carbonyl (C=O) groups is 1. The van der Waals surface area contributed by atoms with Crippen LogP contribution in [0.15, 0.2) is 60.4 Å². The van der Waals surface area contributed by atoms with Crippen LogP contribution in [0.25, 0.3) is 16.2 Å². The lowest BCUT2D eigenvalue weighted by molar-refractivity contribution is 0.0471. The molecule has 0 bridgehead atoms. The summed E-state index contributed by atoms with van der Waals surface area (Å²) in [4.78, 5) is 21.0. The molecule has 0 aromatic carbocycles. The molecule has 0 spiro atoms.